The Morgan fingerprint density at radius 2 is 1.43 bits per heavy atom. The Bertz CT molecular complexity index is 808. The van der Waals surface area contributed by atoms with Gasteiger partial charge >= 0.3 is 0 Å². The predicted octanol–water partition coefficient (Wildman–Crippen LogP) is 6.17. The highest BCUT2D eigenvalue weighted by molar-refractivity contribution is 5.48. The minimum atomic E-state index is -0.589. The maximum absolute atomic E-state index is 11.0. The molecule has 2 aromatic rings. The first-order valence-corrected chi connectivity index (χ1v) is 9.98. The first-order chi connectivity index (χ1) is 13.5. The highest BCUT2D eigenvalue weighted by Gasteiger charge is 2.22. The average Bonchev–Trinajstić information content (AvgIpc) is 2.69. The summed E-state index contributed by atoms with van der Waals surface area (Å²) in [4.78, 5) is 20.9. The van der Waals surface area contributed by atoms with E-state index in [0.29, 0.717) is 17.9 Å². The molecule has 2 aromatic carbocycles. The van der Waals surface area contributed by atoms with E-state index >= 15 is 0 Å². The molecular formula is C22H26N2O4. The molecule has 6 heteroatoms. The normalized spacial score (nSPS) is 19.3. The SMILES string of the molecule is CCCC1CCC(c2ccc(Cc3cc([N+](=O)[O-])cc([N+](=O)[O-])c3)cc2)CC1. The molecule has 1 fully saturated rings. The molecule has 1 aliphatic rings. The summed E-state index contributed by atoms with van der Waals surface area (Å²) in [6.07, 6.45) is 8.12. The van der Waals surface area contributed by atoms with Crippen LogP contribution in [0.15, 0.2) is 42.5 Å². The van der Waals surface area contributed by atoms with Crippen molar-refractivity contribution in [1.29, 1.82) is 0 Å². The Morgan fingerprint density at radius 3 is 1.93 bits per heavy atom. The number of hydrogen-bond donors (Lipinski definition) is 0. The number of nitro groups is 2. The molecule has 1 saturated carbocycles. The van der Waals surface area contributed by atoms with Crippen LogP contribution >= 0.6 is 0 Å². The highest BCUT2D eigenvalue weighted by atomic mass is 16.6. The van der Waals surface area contributed by atoms with Crippen LogP contribution in [0.25, 0.3) is 0 Å². The van der Waals surface area contributed by atoms with Gasteiger partial charge in [-0.05, 0) is 60.6 Å². The summed E-state index contributed by atoms with van der Waals surface area (Å²) >= 11 is 0. The second kappa shape index (κ2) is 8.95. The molecule has 0 unspecified atom stereocenters. The lowest BCUT2D eigenvalue weighted by Crippen LogP contribution is -2.13. The van der Waals surface area contributed by atoms with Gasteiger partial charge in [-0.25, -0.2) is 0 Å². The maximum atomic E-state index is 11.0. The van der Waals surface area contributed by atoms with E-state index in [0.717, 1.165) is 17.5 Å². The molecule has 0 amide bonds. The lowest BCUT2D eigenvalue weighted by atomic mass is 9.77. The highest BCUT2D eigenvalue weighted by Crippen LogP contribution is 2.37. The van der Waals surface area contributed by atoms with Crippen molar-refractivity contribution >= 4 is 11.4 Å². The van der Waals surface area contributed by atoms with Crippen molar-refractivity contribution in [3.05, 3.63) is 79.4 Å². The number of nitrogens with zero attached hydrogens (tertiary/aromatic N) is 2. The standard InChI is InChI=1S/C22H26N2O4/c1-2-3-16-4-8-19(9-5-16)20-10-6-17(7-11-20)12-18-13-21(23(25)26)15-22(14-18)24(27)28/h6-7,10-11,13-16,19H,2-5,8-9,12H2,1H3. The van der Waals surface area contributed by atoms with Crippen molar-refractivity contribution in [3.8, 4) is 0 Å². The van der Waals surface area contributed by atoms with Crippen molar-refractivity contribution in [2.24, 2.45) is 5.92 Å². The van der Waals surface area contributed by atoms with Gasteiger partial charge in [0.15, 0.2) is 0 Å². The summed E-state index contributed by atoms with van der Waals surface area (Å²) in [5.41, 5.74) is 2.44. The zero-order valence-electron chi connectivity index (χ0n) is 16.2. The van der Waals surface area contributed by atoms with Crippen molar-refractivity contribution in [1.82, 2.24) is 0 Å². The van der Waals surface area contributed by atoms with E-state index < -0.39 is 9.85 Å². The first kappa shape index (κ1) is 20.0. The summed E-state index contributed by atoms with van der Waals surface area (Å²) < 4.78 is 0. The second-order valence-electron chi connectivity index (χ2n) is 7.80. The predicted molar refractivity (Wildman–Crippen MR) is 109 cm³/mol. The third-order valence-electron chi connectivity index (χ3n) is 5.79. The molecular weight excluding hydrogens is 356 g/mol. The summed E-state index contributed by atoms with van der Waals surface area (Å²) in [5.74, 6) is 1.49. The summed E-state index contributed by atoms with van der Waals surface area (Å²) in [7, 11) is 0. The molecule has 3 rings (SSSR count). The van der Waals surface area contributed by atoms with E-state index in [2.05, 4.69) is 19.1 Å². The first-order valence-electron chi connectivity index (χ1n) is 9.98. The number of non-ortho nitro benzene ring substituents is 2. The third-order valence-corrected chi connectivity index (χ3v) is 5.79. The van der Waals surface area contributed by atoms with Gasteiger partial charge in [-0.15, -0.1) is 0 Å². The van der Waals surface area contributed by atoms with Gasteiger partial charge in [0.25, 0.3) is 11.4 Å². The van der Waals surface area contributed by atoms with Crippen LogP contribution in [-0.4, -0.2) is 9.85 Å². The summed E-state index contributed by atoms with van der Waals surface area (Å²) in [6.45, 7) is 2.25. The molecule has 0 radical (unpaired) electrons. The molecule has 0 spiro atoms. The summed E-state index contributed by atoms with van der Waals surface area (Å²) in [6, 6.07) is 12.2. The fraction of sp³-hybridized carbons (Fsp3) is 0.455. The van der Waals surface area contributed by atoms with Gasteiger partial charge in [0, 0.05) is 12.1 Å². The van der Waals surface area contributed by atoms with Gasteiger partial charge in [0.1, 0.15) is 0 Å². The lowest BCUT2D eigenvalue weighted by Gasteiger charge is -2.28. The minimum absolute atomic E-state index is 0.246. The van der Waals surface area contributed by atoms with Crippen LogP contribution in [0.4, 0.5) is 11.4 Å². The number of hydrogen-bond acceptors (Lipinski definition) is 4. The minimum Gasteiger partial charge on any atom is -0.258 e. The zero-order chi connectivity index (χ0) is 20.1. The molecule has 6 nitrogen and oxygen atoms in total. The van der Waals surface area contributed by atoms with Crippen LogP contribution in [-0.2, 0) is 6.42 Å². The molecule has 0 aromatic heterocycles. The van der Waals surface area contributed by atoms with Crippen LogP contribution in [0, 0.1) is 26.1 Å². The molecule has 0 bridgehead atoms. The fourth-order valence-corrected chi connectivity index (χ4v) is 4.31. The number of rotatable bonds is 7. The van der Waals surface area contributed by atoms with Crippen molar-refractivity contribution in [2.75, 3.05) is 0 Å². The lowest BCUT2D eigenvalue weighted by molar-refractivity contribution is -0.394. The molecule has 0 N–H and O–H groups in total. The quantitative estimate of drug-likeness (QED) is 0.423. The fourth-order valence-electron chi connectivity index (χ4n) is 4.31. The van der Waals surface area contributed by atoms with Crippen molar-refractivity contribution in [3.63, 3.8) is 0 Å². The molecule has 0 atom stereocenters. The Morgan fingerprint density at radius 1 is 0.857 bits per heavy atom. The Kier molecular flexibility index (Phi) is 6.39. The maximum Gasteiger partial charge on any atom is 0.276 e. The van der Waals surface area contributed by atoms with Gasteiger partial charge in [0.05, 0.1) is 15.9 Å². The van der Waals surface area contributed by atoms with Gasteiger partial charge in [-0.2, -0.15) is 0 Å². The smallest absolute Gasteiger partial charge is 0.258 e. The largest absolute Gasteiger partial charge is 0.276 e. The molecule has 28 heavy (non-hydrogen) atoms. The van der Waals surface area contributed by atoms with Crippen molar-refractivity contribution < 1.29 is 9.85 Å². The van der Waals surface area contributed by atoms with E-state index in [1.165, 1.54) is 56.2 Å². The number of nitro benzene ring substituents is 2. The van der Waals surface area contributed by atoms with Crippen LogP contribution in [0.2, 0.25) is 0 Å². The summed E-state index contributed by atoms with van der Waals surface area (Å²) in [5, 5.41) is 22.1. The van der Waals surface area contributed by atoms with Crippen LogP contribution in [0.5, 0.6) is 0 Å². The molecule has 0 saturated heterocycles. The van der Waals surface area contributed by atoms with Crippen molar-refractivity contribution in [2.45, 2.75) is 57.8 Å². The molecule has 0 heterocycles. The van der Waals surface area contributed by atoms with Crippen LogP contribution in [0.3, 0.4) is 0 Å². The van der Waals surface area contributed by atoms with E-state index in [1.807, 2.05) is 12.1 Å². The zero-order valence-corrected chi connectivity index (χ0v) is 16.2. The van der Waals surface area contributed by atoms with E-state index in [-0.39, 0.29) is 11.4 Å². The second-order valence-corrected chi connectivity index (χ2v) is 7.80. The molecule has 148 valence electrons. The topological polar surface area (TPSA) is 86.3 Å². The van der Waals surface area contributed by atoms with Gasteiger partial charge in [-0.1, -0.05) is 44.0 Å². The van der Waals surface area contributed by atoms with E-state index in [1.54, 1.807) is 0 Å². The van der Waals surface area contributed by atoms with Gasteiger partial charge in [0.2, 0.25) is 0 Å². The molecule has 0 aliphatic heterocycles. The molecule has 1 aliphatic carbocycles. The van der Waals surface area contributed by atoms with Gasteiger partial charge in [-0.3, -0.25) is 20.2 Å². The van der Waals surface area contributed by atoms with Crippen LogP contribution in [0.1, 0.15) is 68.1 Å². The van der Waals surface area contributed by atoms with Gasteiger partial charge < -0.3 is 0 Å². The Labute approximate surface area is 164 Å². The Hall–Kier alpha value is -2.76. The van der Waals surface area contributed by atoms with Crippen LogP contribution < -0.4 is 0 Å². The van der Waals surface area contributed by atoms with E-state index in [9.17, 15) is 20.2 Å². The third kappa shape index (κ3) is 4.94. The van der Waals surface area contributed by atoms with E-state index in [4.69, 9.17) is 0 Å². The average molecular weight is 382 g/mol. The number of benzene rings is 2. The monoisotopic (exact) mass is 382 g/mol. The Balaban J connectivity index is 1.69.